The summed E-state index contributed by atoms with van der Waals surface area (Å²) in [7, 11) is 0. The third-order valence-corrected chi connectivity index (χ3v) is 4.18. The second-order valence-electron chi connectivity index (χ2n) is 7.49. The molecule has 1 N–H and O–H groups in total. The molecule has 0 bridgehead atoms. The standard InChI is InChI=1S/C20H23N5O4/c1-5-29-19(28)13-6-8-14(9-7-13)23-16(26)11-24-12-21-17-15(18(24)27)10-22-25(17)20(2,3)4/h6-10,12H,5,11H2,1-4H3,(H,23,26). The van der Waals surface area contributed by atoms with Crippen molar-refractivity contribution < 1.29 is 14.3 Å². The van der Waals surface area contributed by atoms with Crippen LogP contribution in [0.2, 0.25) is 0 Å². The molecule has 2 heterocycles. The Bertz CT molecular complexity index is 1110. The van der Waals surface area contributed by atoms with Gasteiger partial charge < -0.3 is 10.1 Å². The maximum atomic E-state index is 12.7. The molecule has 3 rings (SSSR count). The number of anilines is 1. The first kappa shape index (κ1) is 20.2. The summed E-state index contributed by atoms with van der Waals surface area (Å²) < 4.78 is 7.84. The number of aromatic nitrogens is 4. The van der Waals surface area contributed by atoms with Crippen LogP contribution in [0.15, 0.2) is 41.6 Å². The average Bonchev–Trinajstić information content (AvgIpc) is 3.10. The molecule has 0 aliphatic rings. The number of fused-ring (bicyclic) bond motifs is 1. The van der Waals surface area contributed by atoms with Crippen molar-refractivity contribution in [1.82, 2.24) is 19.3 Å². The predicted octanol–water partition coefficient (Wildman–Crippen LogP) is 2.16. The van der Waals surface area contributed by atoms with E-state index in [-0.39, 0.29) is 23.6 Å². The largest absolute Gasteiger partial charge is 0.462 e. The molecule has 0 fully saturated rings. The first-order valence-electron chi connectivity index (χ1n) is 9.21. The highest BCUT2D eigenvalue weighted by atomic mass is 16.5. The highest BCUT2D eigenvalue weighted by molar-refractivity contribution is 5.93. The van der Waals surface area contributed by atoms with Crippen LogP contribution >= 0.6 is 0 Å². The van der Waals surface area contributed by atoms with Crippen molar-refractivity contribution in [2.24, 2.45) is 0 Å². The molecule has 0 aliphatic heterocycles. The van der Waals surface area contributed by atoms with Crippen molar-refractivity contribution in [2.75, 3.05) is 11.9 Å². The Hall–Kier alpha value is -3.49. The fourth-order valence-corrected chi connectivity index (χ4v) is 2.81. The van der Waals surface area contributed by atoms with E-state index in [0.29, 0.717) is 28.9 Å². The van der Waals surface area contributed by atoms with Gasteiger partial charge in [0.1, 0.15) is 18.3 Å². The number of benzene rings is 1. The summed E-state index contributed by atoms with van der Waals surface area (Å²) in [5.74, 6) is -0.813. The number of rotatable bonds is 5. The Labute approximate surface area is 167 Å². The number of nitrogens with one attached hydrogen (secondary N) is 1. The molecular weight excluding hydrogens is 374 g/mol. The molecule has 29 heavy (non-hydrogen) atoms. The van der Waals surface area contributed by atoms with E-state index in [0.717, 1.165) is 0 Å². The summed E-state index contributed by atoms with van der Waals surface area (Å²) in [5, 5.41) is 7.30. The van der Waals surface area contributed by atoms with Gasteiger partial charge in [-0.15, -0.1) is 0 Å². The zero-order valence-electron chi connectivity index (χ0n) is 16.8. The van der Waals surface area contributed by atoms with E-state index >= 15 is 0 Å². The van der Waals surface area contributed by atoms with Gasteiger partial charge in [-0.1, -0.05) is 0 Å². The first-order chi connectivity index (χ1) is 13.7. The van der Waals surface area contributed by atoms with Crippen LogP contribution in [0.25, 0.3) is 11.0 Å². The Balaban J connectivity index is 1.74. The molecule has 152 valence electrons. The molecule has 0 saturated carbocycles. The predicted molar refractivity (Wildman–Crippen MR) is 108 cm³/mol. The van der Waals surface area contributed by atoms with Gasteiger partial charge in [0.2, 0.25) is 5.91 Å². The van der Waals surface area contributed by atoms with Crippen LogP contribution in [-0.2, 0) is 21.6 Å². The van der Waals surface area contributed by atoms with Crippen molar-refractivity contribution in [3.63, 3.8) is 0 Å². The van der Waals surface area contributed by atoms with E-state index in [2.05, 4.69) is 15.4 Å². The van der Waals surface area contributed by atoms with Crippen LogP contribution < -0.4 is 10.9 Å². The van der Waals surface area contributed by atoms with E-state index in [1.54, 1.807) is 35.9 Å². The number of carbonyl (C=O) groups is 2. The molecule has 9 heteroatoms. The SMILES string of the molecule is CCOC(=O)c1ccc(NC(=O)Cn2cnc3c(cnn3C(C)(C)C)c2=O)cc1. The molecule has 2 aromatic heterocycles. The lowest BCUT2D eigenvalue weighted by Gasteiger charge is -2.19. The molecule has 0 saturated heterocycles. The maximum Gasteiger partial charge on any atom is 0.338 e. The number of amides is 1. The van der Waals surface area contributed by atoms with Crippen molar-refractivity contribution in [2.45, 2.75) is 39.8 Å². The molecule has 0 aliphatic carbocycles. The number of hydrogen-bond acceptors (Lipinski definition) is 6. The van der Waals surface area contributed by atoms with Crippen molar-refractivity contribution in [1.29, 1.82) is 0 Å². The third kappa shape index (κ3) is 4.34. The van der Waals surface area contributed by atoms with Crippen LogP contribution in [0.4, 0.5) is 5.69 Å². The topological polar surface area (TPSA) is 108 Å². The Morgan fingerprint density at radius 3 is 2.48 bits per heavy atom. The van der Waals surface area contributed by atoms with Gasteiger partial charge in [-0.05, 0) is 52.0 Å². The van der Waals surface area contributed by atoms with E-state index in [4.69, 9.17) is 4.74 Å². The zero-order valence-corrected chi connectivity index (χ0v) is 16.8. The summed E-state index contributed by atoms with van der Waals surface area (Å²) in [4.78, 5) is 41.0. The van der Waals surface area contributed by atoms with Gasteiger partial charge in [-0.2, -0.15) is 5.10 Å². The van der Waals surface area contributed by atoms with Gasteiger partial charge >= 0.3 is 5.97 Å². The van der Waals surface area contributed by atoms with Crippen LogP contribution in [0.1, 0.15) is 38.1 Å². The maximum absolute atomic E-state index is 12.7. The van der Waals surface area contributed by atoms with Crippen LogP contribution in [-0.4, -0.2) is 37.8 Å². The second-order valence-corrected chi connectivity index (χ2v) is 7.49. The number of carbonyl (C=O) groups excluding carboxylic acids is 2. The van der Waals surface area contributed by atoms with Gasteiger partial charge in [0, 0.05) is 5.69 Å². The molecular formula is C20H23N5O4. The lowest BCUT2D eigenvalue weighted by atomic mass is 10.1. The Kier molecular flexibility index (Phi) is 5.49. The van der Waals surface area contributed by atoms with Crippen LogP contribution in [0, 0.1) is 0 Å². The highest BCUT2D eigenvalue weighted by Gasteiger charge is 2.20. The van der Waals surface area contributed by atoms with Crippen molar-refractivity contribution in [3.8, 4) is 0 Å². The van der Waals surface area contributed by atoms with Gasteiger partial charge in [-0.3, -0.25) is 14.2 Å². The van der Waals surface area contributed by atoms with Gasteiger partial charge in [0.15, 0.2) is 5.65 Å². The quantitative estimate of drug-likeness (QED) is 0.661. The number of nitrogens with zero attached hydrogens (tertiary/aromatic N) is 4. The fourth-order valence-electron chi connectivity index (χ4n) is 2.81. The molecule has 1 amide bonds. The number of esters is 1. The molecule has 0 unspecified atom stereocenters. The molecule has 0 spiro atoms. The second kappa shape index (κ2) is 7.86. The molecule has 3 aromatic rings. The smallest absolute Gasteiger partial charge is 0.338 e. The van der Waals surface area contributed by atoms with Gasteiger partial charge in [-0.25, -0.2) is 14.5 Å². The van der Waals surface area contributed by atoms with Crippen LogP contribution in [0.5, 0.6) is 0 Å². The first-order valence-corrected chi connectivity index (χ1v) is 9.21. The molecule has 9 nitrogen and oxygen atoms in total. The third-order valence-electron chi connectivity index (χ3n) is 4.18. The summed E-state index contributed by atoms with van der Waals surface area (Å²) in [5.41, 5.74) is 0.727. The van der Waals surface area contributed by atoms with Gasteiger partial charge in [0.25, 0.3) is 5.56 Å². The minimum absolute atomic E-state index is 0.192. The normalized spacial score (nSPS) is 11.4. The molecule has 0 atom stereocenters. The van der Waals surface area contributed by atoms with E-state index < -0.39 is 5.97 Å². The summed E-state index contributed by atoms with van der Waals surface area (Å²) >= 11 is 0. The minimum Gasteiger partial charge on any atom is -0.462 e. The lowest BCUT2D eigenvalue weighted by Crippen LogP contribution is -2.29. The van der Waals surface area contributed by atoms with Gasteiger partial charge in [0.05, 0.1) is 23.9 Å². The average molecular weight is 397 g/mol. The zero-order chi connectivity index (χ0) is 21.2. The van der Waals surface area contributed by atoms with Crippen LogP contribution in [0.3, 0.4) is 0 Å². The summed E-state index contributed by atoms with van der Waals surface area (Å²) in [6, 6.07) is 6.33. The fraction of sp³-hybridized carbons (Fsp3) is 0.350. The lowest BCUT2D eigenvalue weighted by molar-refractivity contribution is -0.116. The minimum atomic E-state index is -0.424. The Morgan fingerprint density at radius 2 is 1.86 bits per heavy atom. The highest BCUT2D eigenvalue weighted by Crippen LogP contribution is 2.17. The van der Waals surface area contributed by atoms with Crippen molar-refractivity contribution in [3.05, 3.63) is 52.7 Å². The number of ether oxygens (including phenoxy) is 1. The van der Waals surface area contributed by atoms with E-state index in [9.17, 15) is 14.4 Å². The monoisotopic (exact) mass is 397 g/mol. The summed E-state index contributed by atoms with van der Waals surface area (Å²) in [6.07, 6.45) is 2.82. The molecule has 1 aromatic carbocycles. The molecule has 0 radical (unpaired) electrons. The van der Waals surface area contributed by atoms with Crippen molar-refractivity contribution >= 4 is 28.6 Å². The Morgan fingerprint density at radius 1 is 1.17 bits per heavy atom. The van der Waals surface area contributed by atoms with E-state index in [1.165, 1.54) is 17.1 Å². The summed E-state index contributed by atoms with van der Waals surface area (Å²) in [6.45, 7) is 7.73. The number of hydrogen-bond donors (Lipinski definition) is 1. The van der Waals surface area contributed by atoms with E-state index in [1.807, 2.05) is 20.8 Å².